The molecule has 2 rings (SSSR count). The molecule has 4 nitrogen and oxygen atoms in total. The van der Waals surface area contributed by atoms with Gasteiger partial charge in [0.05, 0.1) is 18.8 Å². The van der Waals surface area contributed by atoms with Gasteiger partial charge in [-0.1, -0.05) is 18.2 Å². The number of nitrogens with one attached hydrogen (secondary N) is 1. The summed E-state index contributed by atoms with van der Waals surface area (Å²) in [4.78, 5) is 4.23. The highest BCUT2D eigenvalue weighted by Gasteiger charge is 2.11. The maximum absolute atomic E-state index is 5.60. The minimum Gasteiger partial charge on any atom is -0.494 e. The zero-order valence-electron chi connectivity index (χ0n) is 11.6. The standard InChI is InChI=1S/C15H20N2O2/c1-4-18-14-8-6-5-7-13(14)10-16-12(3)15-17-9-11(2)19-15/h5-9,12,16H,4,10H2,1-3H3. The van der Waals surface area contributed by atoms with Crippen molar-refractivity contribution in [3.05, 3.63) is 47.7 Å². The van der Waals surface area contributed by atoms with Crippen LogP contribution in [-0.2, 0) is 6.54 Å². The van der Waals surface area contributed by atoms with E-state index in [1.54, 1.807) is 6.20 Å². The molecule has 0 bridgehead atoms. The highest BCUT2D eigenvalue weighted by molar-refractivity contribution is 5.33. The molecule has 19 heavy (non-hydrogen) atoms. The third-order valence-electron chi connectivity index (χ3n) is 2.88. The molecule has 1 heterocycles. The first-order valence-electron chi connectivity index (χ1n) is 6.57. The summed E-state index contributed by atoms with van der Waals surface area (Å²) in [5, 5.41) is 3.39. The second-order valence-corrected chi connectivity index (χ2v) is 4.45. The average Bonchev–Trinajstić information content (AvgIpc) is 2.84. The fourth-order valence-corrected chi connectivity index (χ4v) is 1.87. The molecule has 0 aliphatic rings. The van der Waals surface area contributed by atoms with E-state index in [0.717, 1.165) is 23.6 Å². The number of hydrogen-bond acceptors (Lipinski definition) is 4. The zero-order valence-corrected chi connectivity index (χ0v) is 11.6. The zero-order chi connectivity index (χ0) is 13.7. The summed E-state index contributed by atoms with van der Waals surface area (Å²) < 4.78 is 11.1. The summed E-state index contributed by atoms with van der Waals surface area (Å²) in [6, 6.07) is 8.12. The number of rotatable bonds is 6. The van der Waals surface area contributed by atoms with Crippen LogP contribution < -0.4 is 10.1 Å². The Morgan fingerprint density at radius 3 is 2.84 bits per heavy atom. The number of aryl methyl sites for hydroxylation is 1. The van der Waals surface area contributed by atoms with Gasteiger partial charge in [0.1, 0.15) is 11.5 Å². The maximum atomic E-state index is 5.60. The summed E-state index contributed by atoms with van der Waals surface area (Å²) in [5.41, 5.74) is 1.14. The molecule has 0 spiro atoms. The first kappa shape index (κ1) is 13.6. The van der Waals surface area contributed by atoms with Crippen molar-refractivity contribution >= 4 is 0 Å². The molecule has 0 aliphatic heterocycles. The Balaban J connectivity index is 1.98. The Morgan fingerprint density at radius 1 is 1.37 bits per heavy atom. The maximum Gasteiger partial charge on any atom is 0.211 e. The van der Waals surface area contributed by atoms with Gasteiger partial charge in [0, 0.05) is 12.1 Å². The molecular weight excluding hydrogens is 240 g/mol. The lowest BCUT2D eigenvalue weighted by Crippen LogP contribution is -2.18. The van der Waals surface area contributed by atoms with Crippen molar-refractivity contribution < 1.29 is 9.15 Å². The summed E-state index contributed by atoms with van der Waals surface area (Å²) in [6.45, 7) is 7.31. The number of aromatic nitrogens is 1. The van der Waals surface area contributed by atoms with E-state index in [1.165, 1.54) is 0 Å². The second-order valence-electron chi connectivity index (χ2n) is 4.45. The van der Waals surface area contributed by atoms with E-state index in [-0.39, 0.29) is 6.04 Å². The number of nitrogens with zero attached hydrogens (tertiary/aromatic N) is 1. The van der Waals surface area contributed by atoms with Gasteiger partial charge in [0.15, 0.2) is 0 Å². The molecule has 2 aromatic rings. The van der Waals surface area contributed by atoms with Crippen LogP contribution in [0.4, 0.5) is 0 Å². The number of ether oxygens (including phenoxy) is 1. The van der Waals surface area contributed by atoms with Crippen LogP contribution in [0.15, 0.2) is 34.9 Å². The normalized spacial score (nSPS) is 12.4. The first-order chi connectivity index (χ1) is 9.20. The summed E-state index contributed by atoms with van der Waals surface area (Å²) in [7, 11) is 0. The molecule has 0 fully saturated rings. The Labute approximate surface area is 113 Å². The van der Waals surface area contributed by atoms with Gasteiger partial charge >= 0.3 is 0 Å². The molecule has 1 atom stereocenters. The second kappa shape index (κ2) is 6.38. The third kappa shape index (κ3) is 3.58. The SMILES string of the molecule is CCOc1ccccc1CNC(C)c1ncc(C)o1. The van der Waals surface area contributed by atoms with Gasteiger partial charge in [-0.2, -0.15) is 0 Å². The van der Waals surface area contributed by atoms with E-state index in [2.05, 4.69) is 16.4 Å². The molecule has 1 unspecified atom stereocenters. The number of benzene rings is 1. The van der Waals surface area contributed by atoms with E-state index < -0.39 is 0 Å². The predicted octanol–water partition coefficient (Wildman–Crippen LogP) is 3.23. The van der Waals surface area contributed by atoms with E-state index in [1.807, 2.05) is 39.0 Å². The van der Waals surface area contributed by atoms with Gasteiger partial charge in [-0.15, -0.1) is 0 Å². The largest absolute Gasteiger partial charge is 0.494 e. The topological polar surface area (TPSA) is 47.3 Å². The molecule has 0 aliphatic carbocycles. The Hall–Kier alpha value is -1.81. The van der Waals surface area contributed by atoms with Gasteiger partial charge in [-0.25, -0.2) is 4.98 Å². The quantitative estimate of drug-likeness (QED) is 0.866. The molecule has 0 saturated carbocycles. The van der Waals surface area contributed by atoms with Crippen LogP contribution in [0.1, 0.15) is 37.1 Å². The van der Waals surface area contributed by atoms with E-state index in [4.69, 9.17) is 9.15 Å². The predicted molar refractivity (Wildman–Crippen MR) is 74.1 cm³/mol. The van der Waals surface area contributed by atoms with Crippen molar-refractivity contribution in [2.45, 2.75) is 33.4 Å². The van der Waals surface area contributed by atoms with Crippen molar-refractivity contribution in [3.8, 4) is 5.75 Å². The monoisotopic (exact) mass is 260 g/mol. The van der Waals surface area contributed by atoms with Gasteiger partial charge in [-0.05, 0) is 26.8 Å². The molecule has 0 radical (unpaired) electrons. The summed E-state index contributed by atoms with van der Waals surface area (Å²) in [5.74, 6) is 2.47. The van der Waals surface area contributed by atoms with Crippen molar-refractivity contribution in [2.24, 2.45) is 0 Å². The minimum atomic E-state index is 0.0726. The molecule has 102 valence electrons. The minimum absolute atomic E-state index is 0.0726. The lowest BCUT2D eigenvalue weighted by molar-refractivity contribution is 0.333. The Bertz CT molecular complexity index is 522. The molecule has 1 aromatic heterocycles. The van der Waals surface area contributed by atoms with Gasteiger partial charge in [0.25, 0.3) is 0 Å². The van der Waals surface area contributed by atoms with Crippen LogP contribution in [0.5, 0.6) is 5.75 Å². The van der Waals surface area contributed by atoms with Crippen LogP contribution in [0, 0.1) is 6.92 Å². The third-order valence-corrected chi connectivity index (χ3v) is 2.88. The Morgan fingerprint density at radius 2 is 2.16 bits per heavy atom. The van der Waals surface area contributed by atoms with Crippen LogP contribution in [0.2, 0.25) is 0 Å². The number of para-hydroxylation sites is 1. The van der Waals surface area contributed by atoms with Crippen molar-refractivity contribution in [1.82, 2.24) is 10.3 Å². The van der Waals surface area contributed by atoms with E-state index in [9.17, 15) is 0 Å². The van der Waals surface area contributed by atoms with Crippen molar-refractivity contribution in [3.63, 3.8) is 0 Å². The van der Waals surface area contributed by atoms with Crippen LogP contribution >= 0.6 is 0 Å². The molecule has 0 saturated heterocycles. The summed E-state index contributed by atoms with van der Waals surface area (Å²) >= 11 is 0. The highest BCUT2D eigenvalue weighted by Crippen LogP contribution is 2.19. The van der Waals surface area contributed by atoms with Crippen LogP contribution in [-0.4, -0.2) is 11.6 Å². The molecule has 4 heteroatoms. The molecular formula is C15H20N2O2. The molecule has 1 N–H and O–H groups in total. The first-order valence-corrected chi connectivity index (χ1v) is 6.57. The summed E-state index contributed by atoms with van der Waals surface area (Å²) in [6.07, 6.45) is 1.74. The number of oxazole rings is 1. The van der Waals surface area contributed by atoms with Crippen molar-refractivity contribution in [1.29, 1.82) is 0 Å². The molecule has 0 amide bonds. The van der Waals surface area contributed by atoms with Gasteiger partial charge in [-0.3, -0.25) is 0 Å². The van der Waals surface area contributed by atoms with E-state index >= 15 is 0 Å². The number of hydrogen-bond donors (Lipinski definition) is 1. The lowest BCUT2D eigenvalue weighted by atomic mass is 10.2. The van der Waals surface area contributed by atoms with Gasteiger partial charge in [0.2, 0.25) is 5.89 Å². The van der Waals surface area contributed by atoms with Crippen LogP contribution in [0.25, 0.3) is 0 Å². The highest BCUT2D eigenvalue weighted by atomic mass is 16.5. The van der Waals surface area contributed by atoms with E-state index in [0.29, 0.717) is 12.5 Å². The van der Waals surface area contributed by atoms with Crippen molar-refractivity contribution in [2.75, 3.05) is 6.61 Å². The fraction of sp³-hybridized carbons (Fsp3) is 0.400. The Kier molecular flexibility index (Phi) is 4.58. The smallest absolute Gasteiger partial charge is 0.211 e. The lowest BCUT2D eigenvalue weighted by Gasteiger charge is -2.13. The fourth-order valence-electron chi connectivity index (χ4n) is 1.87. The van der Waals surface area contributed by atoms with Gasteiger partial charge < -0.3 is 14.5 Å². The molecule has 1 aromatic carbocycles. The average molecular weight is 260 g/mol. The van der Waals surface area contributed by atoms with Crippen LogP contribution in [0.3, 0.4) is 0 Å².